The lowest BCUT2D eigenvalue weighted by Gasteiger charge is -2.34. The van der Waals surface area contributed by atoms with Crippen molar-refractivity contribution in [2.75, 3.05) is 9.80 Å². The quantitative estimate of drug-likeness (QED) is 0.127. The van der Waals surface area contributed by atoms with Crippen LogP contribution in [0.25, 0.3) is 66.4 Å². The van der Waals surface area contributed by atoms with Gasteiger partial charge in [0.1, 0.15) is 0 Å². The Morgan fingerprint density at radius 2 is 0.646 bits per heavy atom. The summed E-state index contributed by atoms with van der Waals surface area (Å²) >= 11 is 0. The highest BCUT2D eigenvalue weighted by atomic mass is 15.2. The summed E-state index contributed by atoms with van der Waals surface area (Å²) in [5, 5.41) is 2.43. The van der Waals surface area contributed by atoms with Gasteiger partial charge in [0.15, 0.2) is 0 Å². The fraction of sp³-hybridized carbons (Fsp3) is 0.0500. The molecule has 2 nitrogen and oxygen atoms in total. The lowest BCUT2D eigenvalue weighted by molar-refractivity contribution is 0.660. The molecule has 0 unspecified atom stereocenters. The Morgan fingerprint density at radius 3 is 1.22 bits per heavy atom. The largest absolute Gasteiger partial charge is 0.310 e. The Hall–Kier alpha value is -10.3. The molecule has 2 aliphatic rings. The van der Waals surface area contributed by atoms with E-state index in [0.29, 0.717) is 0 Å². The molecular weight excluding hydrogens is 989 g/mol. The number of benzene rings is 13. The Kier molecular flexibility index (Phi) is 11.8. The van der Waals surface area contributed by atoms with Gasteiger partial charge in [-0.1, -0.05) is 257 Å². The van der Waals surface area contributed by atoms with Gasteiger partial charge in [-0.2, -0.15) is 0 Å². The topological polar surface area (TPSA) is 6.48 Å². The molecule has 0 saturated heterocycles. The molecule has 0 bridgehead atoms. The first kappa shape index (κ1) is 48.8. The summed E-state index contributed by atoms with van der Waals surface area (Å²) in [6, 6.07) is 117. The lowest BCUT2D eigenvalue weighted by atomic mass is 9.67. The molecule has 0 aromatic heterocycles. The molecule has 0 aliphatic heterocycles. The van der Waals surface area contributed by atoms with Crippen molar-refractivity contribution in [1.29, 1.82) is 0 Å². The van der Waals surface area contributed by atoms with Crippen molar-refractivity contribution in [3.63, 3.8) is 0 Å². The van der Waals surface area contributed by atoms with Crippen molar-refractivity contribution in [2.45, 2.75) is 24.7 Å². The van der Waals surface area contributed by atoms with Crippen LogP contribution in [0.15, 0.2) is 315 Å². The number of hydrogen-bond acceptors (Lipinski definition) is 2. The fourth-order valence-corrected chi connectivity index (χ4v) is 13.7. The Labute approximate surface area is 481 Å². The van der Waals surface area contributed by atoms with E-state index in [1.807, 2.05) is 0 Å². The van der Waals surface area contributed by atoms with Gasteiger partial charge in [0.25, 0.3) is 0 Å². The van der Waals surface area contributed by atoms with Crippen LogP contribution in [0.3, 0.4) is 0 Å². The summed E-state index contributed by atoms with van der Waals surface area (Å²) in [4.78, 5) is 4.93. The van der Waals surface area contributed by atoms with Gasteiger partial charge in [0.2, 0.25) is 0 Å². The van der Waals surface area contributed by atoms with Crippen molar-refractivity contribution in [3.05, 3.63) is 349 Å². The fourth-order valence-electron chi connectivity index (χ4n) is 13.7. The van der Waals surface area contributed by atoms with E-state index in [9.17, 15) is 0 Å². The molecule has 0 fully saturated rings. The summed E-state index contributed by atoms with van der Waals surface area (Å²) in [7, 11) is 0. The van der Waals surface area contributed by atoms with E-state index in [1.54, 1.807) is 0 Å². The van der Waals surface area contributed by atoms with Crippen LogP contribution < -0.4 is 9.80 Å². The average Bonchev–Trinajstić information content (AvgIpc) is 4.20. The van der Waals surface area contributed by atoms with Gasteiger partial charge < -0.3 is 9.80 Å². The highest BCUT2D eigenvalue weighted by molar-refractivity contribution is 6.11. The molecular formula is C80H58N2. The SMILES string of the molecule is CC1(C)c2ccccc2-c2ccc(N(c3ccccc3)c3cc(-c4cc5c(c6ccccc46)-c4ccccc4C5(c4ccccc4)c4ccccc4)cc(N(c4ccc(-c5ccccc5)cc4)c4ccc(-c5ccccc5)cc4)c3)cc21. The molecule has 15 rings (SSSR count). The zero-order valence-electron chi connectivity index (χ0n) is 45.9. The third-order valence-corrected chi connectivity index (χ3v) is 17.5. The van der Waals surface area contributed by atoms with Crippen LogP contribution in [0.1, 0.15) is 47.2 Å². The molecule has 2 aliphatic carbocycles. The minimum Gasteiger partial charge on any atom is -0.310 e. The normalized spacial score (nSPS) is 13.2. The zero-order valence-corrected chi connectivity index (χ0v) is 45.9. The summed E-state index contributed by atoms with van der Waals surface area (Å²) in [5.74, 6) is 0. The van der Waals surface area contributed by atoms with Crippen LogP contribution in [0.4, 0.5) is 34.1 Å². The van der Waals surface area contributed by atoms with Gasteiger partial charge in [0.05, 0.1) is 5.41 Å². The maximum atomic E-state index is 2.55. The van der Waals surface area contributed by atoms with Gasteiger partial charge >= 0.3 is 0 Å². The molecule has 0 heterocycles. The van der Waals surface area contributed by atoms with Crippen LogP contribution in [0.5, 0.6) is 0 Å². The van der Waals surface area contributed by atoms with Crippen LogP contribution in [0, 0.1) is 0 Å². The smallest absolute Gasteiger partial charge is 0.0714 e. The molecule has 13 aromatic carbocycles. The van der Waals surface area contributed by atoms with Crippen LogP contribution in [0.2, 0.25) is 0 Å². The zero-order chi connectivity index (χ0) is 54.8. The average molecular weight is 1050 g/mol. The third kappa shape index (κ3) is 7.93. The summed E-state index contributed by atoms with van der Waals surface area (Å²) in [6.07, 6.45) is 0. The maximum Gasteiger partial charge on any atom is 0.0714 e. The van der Waals surface area contributed by atoms with E-state index in [-0.39, 0.29) is 5.41 Å². The number of para-hydroxylation sites is 1. The molecule has 388 valence electrons. The molecule has 0 atom stereocenters. The van der Waals surface area contributed by atoms with Gasteiger partial charge in [-0.25, -0.2) is 0 Å². The summed E-state index contributed by atoms with van der Waals surface area (Å²) in [6.45, 7) is 4.75. The second kappa shape index (κ2) is 19.8. The van der Waals surface area contributed by atoms with Crippen molar-refractivity contribution in [1.82, 2.24) is 0 Å². The molecule has 82 heavy (non-hydrogen) atoms. The van der Waals surface area contributed by atoms with E-state index in [1.165, 1.54) is 94.2 Å². The van der Waals surface area contributed by atoms with Gasteiger partial charge in [-0.05, 0) is 173 Å². The third-order valence-electron chi connectivity index (χ3n) is 17.5. The first-order valence-electron chi connectivity index (χ1n) is 28.6. The van der Waals surface area contributed by atoms with Crippen LogP contribution in [-0.2, 0) is 10.8 Å². The van der Waals surface area contributed by atoms with Gasteiger partial charge in [-0.15, -0.1) is 0 Å². The van der Waals surface area contributed by atoms with Crippen molar-refractivity contribution < 1.29 is 0 Å². The van der Waals surface area contributed by atoms with Gasteiger partial charge in [-0.3, -0.25) is 0 Å². The lowest BCUT2D eigenvalue weighted by Crippen LogP contribution is -2.28. The predicted octanol–water partition coefficient (Wildman–Crippen LogP) is 21.4. The molecule has 13 aromatic rings. The molecule has 2 heteroatoms. The van der Waals surface area contributed by atoms with E-state index in [2.05, 4.69) is 339 Å². The minimum absolute atomic E-state index is 0.198. The predicted molar refractivity (Wildman–Crippen MR) is 344 cm³/mol. The number of anilines is 6. The number of fused-ring (bicyclic) bond motifs is 8. The van der Waals surface area contributed by atoms with Crippen molar-refractivity contribution >= 4 is 44.9 Å². The monoisotopic (exact) mass is 1050 g/mol. The number of hydrogen-bond donors (Lipinski definition) is 0. The molecule has 0 spiro atoms. The molecule has 0 saturated carbocycles. The minimum atomic E-state index is -0.606. The Bertz CT molecular complexity index is 4370. The van der Waals surface area contributed by atoms with E-state index >= 15 is 0 Å². The summed E-state index contributed by atoms with van der Waals surface area (Å²) < 4.78 is 0. The van der Waals surface area contributed by atoms with Crippen molar-refractivity contribution in [3.8, 4) is 55.6 Å². The Balaban J connectivity index is 1.03. The standard InChI is InChI=1S/C80H58N2/c1-79(2)74-38-22-20-35-69(74)70-49-48-65(53-76(70)79)82(62-32-16-7-17-33-62)67-51-59(50-66(52-67)81(63-44-40-57(41-45-63)55-24-8-3-9-25-55)64-46-42-58(43-47-64)56-26-10-4-11-27-56)73-54-77-78(71-36-19-18-34-68(71)73)72-37-21-23-39-75(72)80(77,60-28-12-5-13-29-60)61-30-14-6-15-31-61/h3-54H,1-2H3. The molecule has 0 N–H and O–H groups in total. The highest BCUT2D eigenvalue weighted by Crippen LogP contribution is 2.60. The second-order valence-corrected chi connectivity index (χ2v) is 22.4. The van der Waals surface area contributed by atoms with Gasteiger partial charge in [0, 0.05) is 39.5 Å². The van der Waals surface area contributed by atoms with E-state index in [4.69, 9.17) is 0 Å². The summed E-state index contributed by atoms with van der Waals surface area (Å²) in [5.41, 5.74) is 25.4. The first-order chi connectivity index (χ1) is 40.4. The van der Waals surface area contributed by atoms with Crippen LogP contribution in [-0.4, -0.2) is 0 Å². The molecule has 0 amide bonds. The van der Waals surface area contributed by atoms with E-state index < -0.39 is 5.41 Å². The maximum absolute atomic E-state index is 2.55. The van der Waals surface area contributed by atoms with Crippen molar-refractivity contribution in [2.24, 2.45) is 0 Å². The molecule has 0 radical (unpaired) electrons. The first-order valence-corrected chi connectivity index (χ1v) is 28.6. The second-order valence-electron chi connectivity index (χ2n) is 22.4. The Morgan fingerprint density at radius 1 is 0.232 bits per heavy atom. The highest BCUT2D eigenvalue weighted by Gasteiger charge is 2.47. The van der Waals surface area contributed by atoms with E-state index in [0.717, 1.165) is 39.7 Å². The number of nitrogens with zero attached hydrogens (tertiary/aromatic N) is 2. The number of rotatable bonds is 11. The van der Waals surface area contributed by atoms with Crippen LogP contribution >= 0.6 is 0 Å².